The zero-order valence-electron chi connectivity index (χ0n) is 11.1. The number of hydrogen-bond acceptors (Lipinski definition) is 5. The maximum Gasteiger partial charge on any atom is 0.266 e. The molecule has 1 aromatic heterocycles. The van der Waals surface area contributed by atoms with Gasteiger partial charge < -0.3 is 0 Å². The second-order valence-corrected chi connectivity index (χ2v) is 8.01. The van der Waals surface area contributed by atoms with Crippen molar-refractivity contribution in [2.45, 2.75) is 9.79 Å². The van der Waals surface area contributed by atoms with Crippen LogP contribution in [0.5, 0.6) is 0 Å². The summed E-state index contributed by atoms with van der Waals surface area (Å²) in [6, 6.07) is 3.96. The highest BCUT2D eigenvalue weighted by Gasteiger charge is 2.22. The molecule has 0 spiro atoms. The number of hydrogen-bond donors (Lipinski definition) is 1. The number of halogens is 1. The van der Waals surface area contributed by atoms with Crippen molar-refractivity contribution in [2.75, 3.05) is 11.0 Å². The predicted molar refractivity (Wildman–Crippen MR) is 73.5 cm³/mol. The number of anilines is 1. The monoisotopic (exact) mass is 333 g/mol. The van der Waals surface area contributed by atoms with E-state index in [-0.39, 0.29) is 10.7 Å². The summed E-state index contributed by atoms with van der Waals surface area (Å²) in [5.41, 5.74) is 0. The average molecular weight is 333 g/mol. The number of sulfone groups is 1. The SMILES string of the molecule is Cn1ccc(NS(=O)(=O)c2cc(S(C)(=O)=O)ccc2F)n1. The number of nitrogens with one attached hydrogen (secondary N) is 1. The molecule has 0 fully saturated rings. The van der Waals surface area contributed by atoms with Crippen molar-refractivity contribution in [1.82, 2.24) is 9.78 Å². The summed E-state index contributed by atoms with van der Waals surface area (Å²) < 4.78 is 64.3. The van der Waals surface area contributed by atoms with Crippen molar-refractivity contribution in [1.29, 1.82) is 0 Å². The standard InChI is InChI=1S/C11H12FN3O4S2/c1-15-6-5-11(13-15)14-21(18,19)10-7-8(20(2,16)17)3-4-9(10)12/h3-7H,1-2H3,(H,13,14). The minimum atomic E-state index is -4.28. The van der Waals surface area contributed by atoms with Crippen molar-refractivity contribution < 1.29 is 21.2 Å². The van der Waals surface area contributed by atoms with Crippen LogP contribution in [0.15, 0.2) is 40.3 Å². The number of benzene rings is 1. The van der Waals surface area contributed by atoms with E-state index in [9.17, 15) is 21.2 Å². The predicted octanol–water partition coefficient (Wildman–Crippen LogP) is 0.763. The normalized spacial score (nSPS) is 12.3. The molecule has 0 atom stereocenters. The van der Waals surface area contributed by atoms with Gasteiger partial charge in [-0.3, -0.25) is 9.40 Å². The van der Waals surface area contributed by atoms with Crippen LogP contribution >= 0.6 is 0 Å². The van der Waals surface area contributed by atoms with Gasteiger partial charge in [-0.15, -0.1) is 0 Å². The summed E-state index contributed by atoms with van der Waals surface area (Å²) in [6.45, 7) is 0. The van der Waals surface area contributed by atoms with Gasteiger partial charge in [0.15, 0.2) is 15.7 Å². The molecule has 0 bridgehead atoms. The minimum absolute atomic E-state index is 0.00154. The molecule has 1 N–H and O–H groups in total. The van der Waals surface area contributed by atoms with E-state index in [1.165, 1.54) is 16.9 Å². The molecule has 0 amide bonds. The van der Waals surface area contributed by atoms with Crippen molar-refractivity contribution >= 4 is 25.7 Å². The molecular weight excluding hydrogens is 321 g/mol. The second kappa shape index (κ2) is 5.11. The van der Waals surface area contributed by atoms with Crippen LogP contribution in [0.25, 0.3) is 0 Å². The van der Waals surface area contributed by atoms with Crippen LogP contribution in [-0.2, 0) is 26.9 Å². The van der Waals surface area contributed by atoms with Crippen LogP contribution in [0.3, 0.4) is 0 Å². The van der Waals surface area contributed by atoms with E-state index in [0.29, 0.717) is 0 Å². The third-order valence-electron chi connectivity index (χ3n) is 2.57. The van der Waals surface area contributed by atoms with Gasteiger partial charge >= 0.3 is 0 Å². The third kappa shape index (κ3) is 3.39. The van der Waals surface area contributed by atoms with Gasteiger partial charge in [0.2, 0.25) is 0 Å². The van der Waals surface area contributed by atoms with Crippen molar-refractivity contribution in [3.8, 4) is 0 Å². The largest absolute Gasteiger partial charge is 0.274 e. The molecule has 0 saturated carbocycles. The lowest BCUT2D eigenvalue weighted by Gasteiger charge is -2.08. The van der Waals surface area contributed by atoms with Gasteiger partial charge in [0.05, 0.1) is 4.90 Å². The fourth-order valence-electron chi connectivity index (χ4n) is 1.58. The van der Waals surface area contributed by atoms with Crippen molar-refractivity contribution in [3.63, 3.8) is 0 Å². The van der Waals surface area contributed by atoms with Crippen LogP contribution in [0.2, 0.25) is 0 Å². The first-order valence-electron chi connectivity index (χ1n) is 5.62. The van der Waals surface area contributed by atoms with Crippen molar-refractivity contribution in [2.24, 2.45) is 7.05 Å². The summed E-state index contributed by atoms with van der Waals surface area (Å²) >= 11 is 0. The van der Waals surface area contributed by atoms with Crippen LogP contribution in [-0.4, -0.2) is 32.9 Å². The Labute approximate surface area is 121 Å². The van der Waals surface area contributed by atoms with Gasteiger partial charge in [0, 0.05) is 25.6 Å². The molecule has 7 nitrogen and oxygen atoms in total. The van der Waals surface area contributed by atoms with Gasteiger partial charge in [0.1, 0.15) is 10.7 Å². The maximum atomic E-state index is 13.7. The Bertz CT molecular complexity index is 888. The van der Waals surface area contributed by atoms with Crippen LogP contribution in [0.1, 0.15) is 0 Å². The third-order valence-corrected chi connectivity index (χ3v) is 5.05. The van der Waals surface area contributed by atoms with E-state index >= 15 is 0 Å². The Morgan fingerprint density at radius 2 is 1.86 bits per heavy atom. The summed E-state index contributed by atoms with van der Waals surface area (Å²) in [4.78, 5) is -1.04. The first kappa shape index (κ1) is 15.4. The molecule has 0 saturated heterocycles. The smallest absolute Gasteiger partial charge is 0.266 e. The number of aryl methyl sites for hydroxylation is 1. The molecule has 0 aliphatic rings. The van der Waals surface area contributed by atoms with Gasteiger partial charge in [-0.25, -0.2) is 21.2 Å². The first-order valence-corrected chi connectivity index (χ1v) is 8.99. The molecule has 0 radical (unpaired) electrons. The highest BCUT2D eigenvalue weighted by atomic mass is 32.2. The van der Waals surface area contributed by atoms with Gasteiger partial charge in [-0.1, -0.05) is 0 Å². The fraction of sp³-hybridized carbons (Fsp3) is 0.182. The van der Waals surface area contributed by atoms with E-state index in [0.717, 1.165) is 24.5 Å². The van der Waals surface area contributed by atoms with E-state index in [1.54, 1.807) is 7.05 Å². The summed E-state index contributed by atoms with van der Waals surface area (Å²) in [5.74, 6) is -1.05. The highest BCUT2D eigenvalue weighted by molar-refractivity contribution is 7.93. The van der Waals surface area contributed by atoms with Gasteiger partial charge in [-0.2, -0.15) is 5.10 Å². The molecule has 1 heterocycles. The van der Waals surface area contributed by atoms with Crippen LogP contribution < -0.4 is 4.72 Å². The fourth-order valence-corrected chi connectivity index (χ4v) is 3.41. The Morgan fingerprint density at radius 3 is 2.38 bits per heavy atom. The topological polar surface area (TPSA) is 98.1 Å². The van der Waals surface area contributed by atoms with Crippen molar-refractivity contribution in [3.05, 3.63) is 36.3 Å². The van der Waals surface area contributed by atoms with E-state index in [2.05, 4.69) is 9.82 Å². The van der Waals surface area contributed by atoms with Gasteiger partial charge in [0.25, 0.3) is 10.0 Å². The Morgan fingerprint density at radius 1 is 1.19 bits per heavy atom. The summed E-state index contributed by atoms with van der Waals surface area (Å²) in [5, 5.41) is 3.81. The summed E-state index contributed by atoms with van der Waals surface area (Å²) in [7, 11) is -6.34. The number of nitrogens with zero attached hydrogens (tertiary/aromatic N) is 2. The Kier molecular flexibility index (Phi) is 3.76. The second-order valence-electron chi connectivity index (χ2n) is 4.34. The van der Waals surface area contributed by atoms with E-state index in [4.69, 9.17) is 0 Å². The van der Waals surface area contributed by atoms with Crippen LogP contribution in [0.4, 0.5) is 10.2 Å². The maximum absolute atomic E-state index is 13.7. The molecule has 0 aliphatic carbocycles. The minimum Gasteiger partial charge on any atom is -0.274 e. The molecule has 2 rings (SSSR count). The molecular formula is C11H12FN3O4S2. The lowest BCUT2D eigenvalue weighted by molar-refractivity contribution is 0.567. The Balaban J connectivity index is 2.49. The molecule has 10 heteroatoms. The zero-order valence-corrected chi connectivity index (χ0v) is 12.7. The number of aromatic nitrogens is 2. The summed E-state index contributed by atoms with van der Waals surface area (Å²) in [6.07, 6.45) is 2.41. The highest BCUT2D eigenvalue weighted by Crippen LogP contribution is 2.21. The average Bonchev–Trinajstić information content (AvgIpc) is 2.72. The molecule has 0 unspecified atom stereocenters. The number of rotatable bonds is 4. The molecule has 0 aliphatic heterocycles. The number of sulfonamides is 1. The van der Waals surface area contributed by atoms with Gasteiger partial charge in [-0.05, 0) is 18.2 Å². The quantitative estimate of drug-likeness (QED) is 0.833. The zero-order chi connectivity index (χ0) is 15.8. The van der Waals surface area contributed by atoms with Crippen LogP contribution in [0, 0.1) is 5.82 Å². The Hall–Kier alpha value is -1.94. The molecule has 2 aromatic rings. The molecule has 21 heavy (non-hydrogen) atoms. The van der Waals surface area contributed by atoms with E-state index < -0.39 is 30.6 Å². The van der Waals surface area contributed by atoms with E-state index in [1.807, 2.05) is 0 Å². The first-order chi connectivity index (χ1) is 9.59. The molecule has 1 aromatic carbocycles. The lowest BCUT2D eigenvalue weighted by atomic mass is 10.3. The lowest BCUT2D eigenvalue weighted by Crippen LogP contribution is -2.16. The molecule has 114 valence electrons.